The summed E-state index contributed by atoms with van der Waals surface area (Å²) in [7, 11) is 0. The highest BCUT2D eigenvalue weighted by molar-refractivity contribution is 5.89. The third-order valence-electron chi connectivity index (χ3n) is 5.26. The Balaban J connectivity index is 1.50. The molecule has 3 rings (SSSR count). The van der Waals surface area contributed by atoms with Crippen LogP contribution in [-0.4, -0.2) is 45.7 Å². The summed E-state index contributed by atoms with van der Waals surface area (Å²) in [5.41, 5.74) is 0. The fourth-order valence-electron chi connectivity index (χ4n) is 3.77. The number of nitrogens with one attached hydrogen (secondary N) is 1. The van der Waals surface area contributed by atoms with Gasteiger partial charge >= 0.3 is 0 Å². The number of piperidine rings is 1. The van der Waals surface area contributed by atoms with Crippen LogP contribution in [-0.2, 0) is 16.1 Å². The summed E-state index contributed by atoms with van der Waals surface area (Å²) in [6, 6.07) is 0. The predicted octanol–water partition coefficient (Wildman–Crippen LogP) is 1.71. The number of nitrogens with zero attached hydrogens (tertiary/aromatic N) is 3. The van der Waals surface area contributed by atoms with Crippen LogP contribution in [0.1, 0.15) is 68.4 Å². The first kappa shape index (κ1) is 18.5. The second-order valence-corrected chi connectivity index (χ2v) is 7.33. The highest BCUT2D eigenvalue weighted by Crippen LogP contribution is 2.27. The van der Waals surface area contributed by atoms with Gasteiger partial charge < -0.3 is 14.7 Å². The minimum absolute atomic E-state index is 0.0591. The van der Waals surface area contributed by atoms with E-state index < -0.39 is 0 Å². The predicted molar refractivity (Wildman–Crippen MR) is 92.0 cm³/mol. The molecule has 2 aliphatic rings. The van der Waals surface area contributed by atoms with Crippen LogP contribution in [0.2, 0.25) is 0 Å². The summed E-state index contributed by atoms with van der Waals surface area (Å²) in [5, 5.41) is 6.46. The number of carbonyl (C=O) groups is 3. The monoisotopic (exact) mass is 362 g/mol. The second kappa shape index (κ2) is 8.42. The summed E-state index contributed by atoms with van der Waals surface area (Å²) in [6.07, 6.45) is 7.11. The highest BCUT2D eigenvalue weighted by Gasteiger charge is 2.31. The average Bonchev–Trinajstić information content (AvgIpc) is 3.12. The van der Waals surface area contributed by atoms with Crippen LogP contribution >= 0.6 is 0 Å². The van der Waals surface area contributed by atoms with Gasteiger partial charge in [0.2, 0.25) is 17.6 Å². The van der Waals surface area contributed by atoms with Gasteiger partial charge in [-0.2, -0.15) is 4.98 Å². The quantitative estimate of drug-likeness (QED) is 0.772. The van der Waals surface area contributed by atoms with E-state index in [1.54, 1.807) is 0 Å². The topological polar surface area (TPSA) is 105 Å². The number of rotatable bonds is 6. The average molecular weight is 362 g/mol. The van der Waals surface area contributed by atoms with Crippen LogP contribution in [0.15, 0.2) is 4.52 Å². The van der Waals surface area contributed by atoms with E-state index >= 15 is 0 Å². The van der Waals surface area contributed by atoms with Crippen molar-refractivity contribution < 1.29 is 18.9 Å². The molecule has 2 fully saturated rings. The first-order valence-electron chi connectivity index (χ1n) is 9.42. The van der Waals surface area contributed by atoms with Gasteiger partial charge in [-0.1, -0.05) is 24.4 Å². The van der Waals surface area contributed by atoms with Gasteiger partial charge in [0.1, 0.15) is 0 Å². The zero-order valence-corrected chi connectivity index (χ0v) is 15.2. The summed E-state index contributed by atoms with van der Waals surface area (Å²) in [5.74, 6) is 0.309. The Kier molecular flexibility index (Phi) is 6.00. The Bertz CT molecular complexity index is 666. The molecule has 1 aromatic heterocycles. The Labute approximate surface area is 152 Å². The third-order valence-corrected chi connectivity index (χ3v) is 5.26. The second-order valence-electron chi connectivity index (χ2n) is 7.33. The van der Waals surface area contributed by atoms with Crippen LogP contribution in [0.5, 0.6) is 0 Å². The summed E-state index contributed by atoms with van der Waals surface area (Å²) in [4.78, 5) is 41.6. The van der Waals surface area contributed by atoms with Crippen molar-refractivity contribution in [1.29, 1.82) is 0 Å². The smallest absolute Gasteiger partial charge is 0.293 e. The van der Waals surface area contributed by atoms with Crippen molar-refractivity contribution >= 4 is 17.6 Å². The number of aromatic nitrogens is 2. The molecule has 0 radical (unpaired) electrons. The number of amides is 2. The molecule has 1 aliphatic carbocycles. The minimum atomic E-state index is -0.306. The van der Waals surface area contributed by atoms with Gasteiger partial charge in [-0.25, -0.2) is 0 Å². The van der Waals surface area contributed by atoms with E-state index in [2.05, 4.69) is 15.5 Å². The first-order valence-corrected chi connectivity index (χ1v) is 9.42. The van der Waals surface area contributed by atoms with E-state index in [1.807, 2.05) is 4.90 Å². The SMILES string of the molecule is CC(=O)c1nc(CNC(=O)C2CCC(=O)N(CC3CCCCC3)C2)no1. The Morgan fingerprint density at radius 1 is 1.23 bits per heavy atom. The fourth-order valence-corrected chi connectivity index (χ4v) is 3.77. The van der Waals surface area contributed by atoms with Gasteiger partial charge in [0.05, 0.1) is 12.5 Å². The molecule has 0 aromatic carbocycles. The van der Waals surface area contributed by atoms with Crippen molar-refractivity contribution in [1.82, 2.24) is 20.4 Å². The molecule has 1 aromatic rings. The molecule has 8 heteroatoms. The van der Waals surface area contributed by atoms with Crippen molar-refractivity contribution in [2.24, 2.45) is 11.8 Å². The molecular weight excluding hydrogens is 336 g/mol. The molecule has 8 nitrogen and oxygen atoms in total. The molecule has 1 N–H and O–H groups in total. The largest absolute Gasteiger partial charge is 0.348 e. The molecule has 1 saturated heterocycles. The number of hydrogen-bond donors (Lipinski definition) is 1. The van der Waals surface area contributed by atoms with Crippen molar-refractivity contribution in [2.75, 3.05) is 13.1 Å². The molecule has 1 atom stereocenters. The number of ketones is 1. The van der Waals surface area contributed by atoms with Gasteiger partial charge in [-0.15, -0.1) is 0 Å². The van der Waals surface area contributed by atoms with Crippen molar-refractivity contribution in [2.45, 2.75) is 58.4 Å². The van der Waals surface area contributed by atoms with Gasteiger partial charge in [0.15, 0.2) is 5.82 Å². The standard InChI is InChI=1S/C18H26N4O4/c1-12(23)18-20-15(21-26-18)9-19-17(25)14-7-8-16(24)22(11-14)10-13-5-3-2-4-6-13/h13-14H,2-11H2,1H3,(H,19,25). The Morgan fingerprint density at radius 2 is 2.00 bits per heavy atom. The third kappa shape index (κ3) is 4.68. The summed E-state index contributed by atoms with van der Waals surface area (Å²) >= 11 is 0. The lowest BCUT2D eigenvalue weighted by atomic mass is 9.87. The van der Waals surface area contributed by atoms with E-state index in [4.69, 9.17) is 4.52 Å². The van der Waals surface area contributed by atoms with Gasteiger partial charge in [-0.3, -0.25) is 14.4 Å². The van der Waals surface area contributed by atoms with Gasteiger partial charge in [0.25, 0.3) is 5.89 Å². The number of hydrogen-bond acceptors (Lipinski definition) is 6. The van der Waals surface area contributed by atoms with Crippen LogP contribution < -0.4 is 5.32 Å². The molecule has 0 spiro atoms. The summed E-state index contributed by atoms with van der Waals surface area (Å²) in [6.45, 7) is 2.71. The lowest BCUT2D eigenvalue weighted by Gasteiger charge is -2.35. The lowest BCUT2D eigenvalue weighted by Crippen LogP contribution is -2.47. The molecule has 1 aliphatic heterocycles. The maximum Gasteiger partial charge on any atom is 0.293 e. The lowest BCUT2D eigenvalue weighted by molar-refractivity contribution is -0.139. The Hall–Kier alpha value is -2.25. The van der Waals surface area contributed by atoms with Gasteiger partial charge in [-0.05, 0) is 25.2 Å². The van der Waals surface area contributed by atoms with Crippen LogP contribution in [0.3, 0.4) is 0 Å². The van der Waals surface area contributed by atoms with E-state index in [1.165, 1.54) is 39.0 Å². The summed E-state index contributed by atoms with van der Waals surface area (Å²) < 4.78 is 4.80. The fraction of sp³-hybridized carbons (Fsp3) is 0.722. The number of likely N-dealkylation sites (tertiary alicyclic amines) is 1. The molecule has 2 heterocycles. The van der Waals surface area contributed by atoms with E-state index in [0.717, 1.165) is 6.54 Å². The van der Waals surface area contributed by atoms with Crippen LogP contribution in [0, 0.1) is 11.8 Å². The normalized spacial score (nSPS) is 21.7. The van der Waals surface area contributed by atoms with Crippen molar-refractivity contribution in [3.8, 4) is 0 Å². The van der Waals surface area contributed by atoms with Crippen molar-refractivity contribution in [3.05, 3.63) is 11.7 Å². The first-order chi connectivity index (χ1) is 12.5. The van der Waals surface area contributed by atoms with E-state index in [9.17, 15) is 14.4 Å². The van der Waals surface area contributed by atoms with E-state index in [-0.39, 0.29) is 41.8 Å². The molecule has 0 bridgehead atoms. The van der Waals surface area contributed by atoms with Crippen molar-refractivity contribution in [3.63, 3.8) is 0 Å². The molecule has 142 valence electrons. The minimum Gasteiger partial charge on any atom is -0.348 e. The highest BCUT2D eigenvalue weighted by atomic mass is 16.5. The maximum atomic E-state index is 12.5. The van der Waals surface area contributed by atoms with Gasteiger partial charge in [0, 0.05) is 26.4 Å². The molecule has 2 amide bonds. The number of Topliss-reactive ketones (excluding diaryl/α,β-unsaturated/α-hetero) is 1. The zero-order valence-electron chi connectivity index (χ0n) is 15.2. The van der Waals surface area contributed by atoms with Crippen LogP contribution in [0.25, 0.3) is 0 Å². The van der Waals surface area contributed by atoms with E-state index in [0.29, 0.717) is 25.3 Å². The Morgan fingerprint density at radius 3 is 2.69 bits per heavy atom. The van der Waals surface area contributed by atoms with Crippen LogP contribution in [0.4, 0.5) is 0 Å². The molecule has 26 heavy (non-hydrogen) atoms. The number of carbonyl (C=O) groups excluding carboxylic acids is 3. The maximum absolute atomic E-state index is 12.5. The molecule has 1 unspecified atom stereocenters. The molecule has 1 saturated carbocycles. The molecular formula is C18H26N4O4. The zero-order chi connectivity index (χ0) is 18.5.